The molecule has 1 aliphatic heterocycles. The molecule has 0 unspecified atom stereocenters. The van der Waals surface area contributed by atoms with Crippen LogP contribution < -0.4 is 0 Å². The lowest BCUT2D eigenvalue weighted by molar-refractivity contribution is 0.0697. The maximum absolute atomic E-state index is 11.7. The summed E-state index contributed by atoms with van der Waals surface area (Å²) >= 11 is 1.38. The van der Waals surface area contributed by atoms with Gasteiger partial charge in [0.25, 0.3) is 0 Å². The van der Waals surface area contributed by atoms with E-state index in [1.54, 1.807) is 19.1 Å². The first-order chi connectivity index (χ1) is 8.13. The highest BCUT2D eigenvalue weighted by atomic mass is 32.2. The summed E-state index contributed by atoms with van der Waals surface area (Å²) in [7, 11) is 0. The molecule has 0 amide bonds. The average molecular weight is 250 g/mol. The third-order valence-corrected chi connectivity index (χ3v) is 3.39. The minimum absolute atomic E-state index is 0.0828. The van der Waals surface area contributed by atoms with E-state index in [1.807, 2.05) is 13.8 Å². The molecule has 0 atom stereocenters. The number of rotatable bonds is 1. The van der Waals surface area contributed by atoms with Gasteiger partial charge in [-0.3, -0.25) is 4.79 Å². The number of fused-ring (bicyclic) bond motifs is 1. The third kappa shape index (κ3) is 2.58. The van der Waals surface area contributed by atoms with Crippen LogP contribution in [0.25, 0.3) is 0 Å². The molecule has 0 aromatic heterocycles. The number of carboxylic acids is 1. The van der Waals surface area contributed by atoms with E-state index in [2.05, 4.69) is 0 Å². The zero-order valence-corrected chi connectivity index (χ0v) is 10.8. The zero-order valence-electron chi connectivity index (χ0n) is 9.98. The number of aromatic carboxylic acids is 1. The first kappa shape index (κ1) is 13.5. The van der Waals surface area contributed by atoms with Gasteiger partial charge in [0, 0.05) is 10.5 Å². The first-order valence-corrected chi connectivity index (χ1v) is 6.21. The van der Waals surface area contributed by atoms with Gasteiger partial charge in [-0.1, -0.05) is 31.7 Å². The van der Waals surface area contributed by atoms with Crippen LogP contribution in [0.15, 0.2) is 34.1 Å². The van der Waals surface area contributed by atoms with E-state index in [9.17, 15) is 9.59 Å². The molecule has 1 heterocycles. The number of allylic oxidation sites excluding steroid dienone is 2. The molecule has 1 aromatic carbocycles. The molecule has 4 heteroatoms. The molecule has 3 nitrogen and oxygen atoms in total. The van der Waals surface area contributed by atoms with Crippen LogP contribution in [0.3, 0.4) is 0 Å². The van der Waals surface area contributed by atoms with Crippen LogP contribution in [0.2, 0.25) is 0 Å². The molecule has 2 rings (SSSR count). The third-order valence-electron chi connectivity index (χ3n) is 2.18. The number of ketones is 1. The highest BCUT2D eigenvalue weighted by Gasteiger charge is 2.25. The quantitative estimate of drug-likeness (QED) is 0.774. The Morgan fingerprint density at radius 1 is 1.35 bits per heavy atom. The van der Waals surface area contributed by atoms with Crippen molar-refractivity contribution in [1.29, 1.82) is 0 Å². The van der Waals surface area contributed by atoms with Crippen LogP contribution in [-0.2, 0) is 0 Å². The van der Waals surface area contributed by atoms with Crippen molar-refractivity contribution < 1.29 is 14.7 Å². The van der Waals surface area contributed by atoms with Gasteiger partial charge in [-0.25, -0.2) is 4.79 Å². The van der Waals surface area contributed by atoms with Gasteiger partial charge in [-0.15, -0.1) is 0 Å². The SMILES string of the molecule is CC.CC=C1Sc2ccc(C(=O)O)cc2C1=O. The van der Waals surface area contributed by atoms with Crippen LogP contribution in [0, 0.1) is 0 Å². The molecule has 0 aliphatic carbocycles. The Morgan fingerprint density at radius 3 is 2.53 bits per heavy atom. The number of hydrogen-bond acceptors (Lipinski definition) is 3. The van der Waals surface area contributed by atoms with E-state index in [1.165, 1.54) is 23.9 Å². The number of thioether (sulfide) groups is 1. The maximum atomic E-state index is 11.7. The fourth-order valence-electron chi connectivity index (χ4n) is 1.42. The molecule has 1 N–H and O–H groups in total. The molecular formula is C13H14O3S. The molecule has 1 aliphatic rings. The average Bonchev–Trinajstić information content (AvgIpc) is 2.68. The van der Waals surface area contributed by atoms with Gasteiger partial charge < -0.3 is 5.11 Å². The molecule has 1 aromatic rings. The Labute approximate surface area is 105 Å². The molecule has 90 valence electrons. The molecular weight excluding hydrogens is 236 g/mol. The fraction of sp³-hybridized carbons (Fsp3) is 0.231. The number of hydrogen-bond donors (Lipinski definition) is 1. The van der Waals surface area contributed by atoms with Gasteiger partial charge in [-0.2, -0.15) is 0 Å². The molecule has 0 spiro atoms. The fourth-order valence-corrected chi connectivity index (χ4v) is 2.37. The molecule has 0 radical (unpaired) electrons. The van der Waals surface area contributed by atoms with Gasteiger partial charge in [0.2, 0.25) is 5.78 Å². The molecule has 0 saturated heterocycles. The second-order valence-corrected chi connectivity index (χ2v) is 4.18. The topological polar surface area (TPSA) is 54.4 Å². The van der Waals surface area contributed by atoms with Gasteiger partial charge in [0.15, 0.2) is 0 Å². The van der Waals surface area contributed by atoms with Crippen molar-refractivity contribution in [3.8, 4) is 0 Å². The van der Waals surface area contributed by atoms with Crippen LogP contribution >= 0.6 is 11.8 Å². The van der Waals surface area contributed by atoms with Crippen LogP contribution in [0.4, 0.5) is 0 Å². The van der Waals surface area contributed by atoms with E-state index in [0.717, 1.165) is 4.90 Å². The molecule has 0 bridgehead atoms. The summed E-state index contributed by atoms with van der Waals surface area (Å²) in [5.41, 5.74) is 0.646. The van der Waals surface area contributed by atoms with Crippen molar-refractivity contribution in [3.05, 3.63) is 40.3 Å². The standard InChI is InChI=1S/C11H8O3S.C2H6/c1-2-8-10(12)7-5-6(11(13)14)3-4-9(7)15-8;1-2/h2-5H,1H3,(H,13,14);1-2H3. The number of Topliss-reactive ketones (excluding diaryl/α,β-unsaturated/α-hetero) is 1. The maximum Gasteiger partial charge on any atom is 0.335 e. The predicted molar refractivity (Wildman–Crippen MR) is 68.7 cm³/mol. The lowest BCUT2D eigenvalue weighted by Gasteiger charge is -1.97. The minimum atomic E-state index is -1.01. The lowest BCUT2D eigenvalue weighted by Crippen LogP contribution is -2.00. The lowest BCUT2D eigenvalue weighted by atomic mass is 10.1. The van der Waals surface area contributed by atoms with Crippen molar-refractivity contribution in [3.63, 3.8) is 0 Å². The minimum Gasteiger partial charge on any atom is -0.478 e. The normalized spacial score (nSPS) is 15.2. The molecule has 17 heavy (non-hydrogen) atoms. The summed E-state index contributed by atoms with van der Waals surface area (Å²) in [6, 6.07) is 4.63. The number of carboxylic acid groups (broad SMARTS) is 1. The van der Waals surface area contributed by atoms with Crippen LogP contribution in [-0.4, -0.2) is 16.9 Å². The summed E-state index contributed by atoms with van der Waals surface area (Å²) in [6.45, 7) is 5.80. The first-order valence-electron chi connectivity index (χ1n) is 5.39. The van der Waals surface area contributed by atoms with Gasteiger partial charge in [0.05, 0.1) is 10.5 Å². The van der Waals surface area contributed by atoms with Gasteiger partial charge >= 0.3 is 5.97 Å². The van der Waals surface area contributed by atoms with E-state index >= 15 is 0 Å². The Balaban J connectivity index is 0.000000686. The van der Waals surface area contributed by atoms with Gasteiger partial charge in [0.1, 0.15) is 0 Å². The number of carbonyl (C=O) groups is 2. The zero-order chi connectivity index (χ0) is 13.0. The van der Waals surface area contributed by atoms with E-state index in [0.29, 0.717) is 10.5 Å². The Kier molecular flexibility index (Phi) is 4.52. The van der Waals surface area contributed by atoms with Crippen molar-refractivity contribution >= 4 is 23.5 Å². The van der Waals surface area contributed by atoms with E-state index in [4.69, 9.17) is 5.11 Å². The highest BCUT2D eigenvalue weighted by Crippen LogP contribution is 2.39. The van der Waals surface area contributed by atoms with Crippen molar-refractivity contribution in [1.82, 2.24) is 0 Å². The monoisotopic (exact) mass is 250 g/mol. The van der Waals surface area contributed by atoms with Crippen LogP contribution in [0.1, 0.15) is 41.5 Å². The summed E-state index contributed by atoms with van der Waals surface area (Å²) in [5, 5.41) is 8.79. The smallest absolute Gasteiger partial charge is 0.335 e. The summed E-state index contributed by atoms with van der Waals surface area (Å²) < 4.78 is 0. The summed E-state index contributed by atoms with van der Waals surface area (Å²) in [6.07, 6.45) is 1.74. The van der Waals surface area contributed by atoms with Crippen molar-refractivity contribution in [2.45, 2.75) is 25.7 Å². The van der Waals surface area contributed by atoms with E-state index < -0.39 is 5.97 Å². The van der Waals surface area contributed by atoms with E-state index in [-0.39, 0.29) is 11.3 Å². The number of benzene rings is 1. The van der Waals surface area contributed by atoms with Crippen LogP contribution in [0.5, 0.6) is 0 Å². The summed E-state index contributed by atoms with van der Waals surface area (Å²) in [4.78, 5) is 23.9. The van der Waals surface area contributed by atoms with Crippen molar-refractivity contribution in [2.24, 2.45) is 0 Å². The Hall–Kier alpha value is -1.55. The second kappa shape index (κ2) is 5.68. The molecule has 0 saturated carbocycles. The number of carbonyl (C=O) groups excluding carboxylic acids is 1. The largest absolute Gasteiger partial charge is 0.478 e. The highest BCUT2D eigenvalue weighted by molar-refractivity contribution is 8.04. The van der Waals surface area contributed by atoms with Gasteiger partial charge in [-0.05, 0) is 25.1 Å². The second-order valence-electron chi connectivity index (χ2n) is 3.10. The van der Waals surface area contributed by atoms with Crippen molar-refractivity contribution in [2.75, 3.05) is 0 Å². The summed E-state index contributed by atoms with van der Waals surface area (Å²) in [5.74, 6) is -1.09. The Bertz CT molecular complexity index is 489. The molecule has 0 fully saturated rings. The predicted octanol–water partition coefficient (Wildman–Crippen LogP) is 3.60. The Morgan fingerprint density at radius 2 is 2.00 bits per heavy atom.